The number of ether oxygens (including phenoxy) is 1. The number of hydrogen-bond acceptors (Lipinski definition) is 3. The van der Waals surface area contributed by atoms with Gasteiger partial charge in [-0.3, -0.25) is 9.59 Å². The van der Waals surface area contributed by atoms with Gasteiger partial charge in [0, 0.05) is 18.7 Å². The van der Waals surface area contributed by atoms with Crippen LogP contribution in [0.2, 0.25) is 10.0 Å². The van der Waals surface area contributed by atoms with E-state index < -0.39 is 39.5 Å². The van der Waals surface area contributed by atoms with Crippen LogP contribution in [0.25, 0.3) is 6.08 Å². The summed E-state index contributed by atoms with van der Waals surface area (Å²) in [5.41, 5.74) is 1.05. The van der Waals surface area contributed by atoms with Gasteiger partial charge in [-0.05, 0) is 68.1 Å². The summed E-state index contributed by atoms with van der Waals surface area (Å²) in [7, 11) is 0. The Balaban J connectivity index is 1.74. The summed E-state index contributed by atoms with van der Waals surface area (Å²) in [5, 5.41) is -0.983. The summed E-state index contributed by atoms with van der Waals surface area (Å²) in [6.45, 7) is 5.65. The zero-order valence-corrected chi connectivity index (χ0v) is 21.4. The Labute approximate surface area is 216 Å². The molecule has 2 aromatic carbocycles. The molecule has 1 atom stereocenters. The molecule has 36 heavy (non-hydrogen) atoms. The number of carbonyl (C=O) groups excluding carboxylic acids is 2. The summed E-state index contributed by atoms with van der Waals surface area (Å²) < 4.78 is 60.1. The number of nitrogens with zero attached hydrogens (tertiary/aromatic N) is 1. The van der Waals surface area contributed by atoms with Crippen LogP contribution in [-0.2, 0) is 20.7 Å². The first-order valence-electron chi connectivity index (χ1n) is 11.2. The fourth-order valence-corrected chi connectivity index (χ4v) is 4.40. The van der Waals surface area contributed by atoms with Crippen molar-refractivity contribution in [1.82, 2.24) is 0 Å². The predicted octanol–water partition coefficient (Wildman–Crippen LogP) is 7.50. The summed E-state index contributed by atoms with van der Waals surface area (Å²) >= 11 is 11.4. The first kappa shape index (κ1) is 28.0. The standard InChI is InChI=1S/C26H25Cl2F4NO3/c1-25(2,3)36-23(35)9-8-22(34)33-11-10-16-12-15(5-7-21(16)33)4-6-18(26(30,31)32)17-13-19(27)24(29)20(28)14-17/h4-7,12-14,18H,8-11H2,1-3H3/b6-4+. The molecule has 0 aliphatic carbocycles. The van der Waals surface area contributed by atoms with Crippen molar-refractivity contribution in [3.63, 3.8) is 0 Å². The first-order valence-corrected chi connectivity index (χ1v) is 12.0. The number of alkyl halides is 3. The molecule has 0 bridgehead atoms. The van der Waals surface area contributed by atoms with Crippen molar-refractivity contribution in [3.8, 4) is 0 Å². The maximum atomic E-state index is 13.7. The molecule has 4 nitrogen and oxygen atoms in total. The Hall–Kier alpha value is -2.58. The molecule has 3 rings (SSSR count). The van der Waals surface area contributed by atoms with Gasteiger partial charge in [0.15, 0.2) is 5.82 Å². The first-order chi connectivity index (χ1) is 16.7. The lowest BCUT2D eigenvalue weighted by molar-refractivity contribution is -0.155. The highest BCUT2D eigenvalue weighted by Crippen LogP contribution is 2.39. The molecule has 0 radical (unpaired) electrons. The predicted molar refractivity (Wildman–Crippen MR) is 132 cm³/mol. The highest BCUT2D eigenvalue weighted by atomic mass is 35.5. The summed E-state index contributed by atoms with van der Waals surface area (Å²) in [6.07, 6.45) is -1.90. The van der Waals surface area contributed by atoms with Crippen molar-refractivity contribution in [3.05, 3.63) is 69.0 Å². The molecule has 1 heterocycles. The molecule has 1 unspecified atom stereocenters. The maximum Gasteiger partial charge on any atom is 0.399 e. The minimum Gasteiger partial charge on any atom is -0.460 e. The molecule has 0 N–H and O–H groups in total. The Kier molecular flexibility index (Phi) is 8.41. The monoisotopic (exact) mass is 545 g/mol. The summed E-state index contributed by atoms with van der Waals surface area (Å²) in [6, 6.07) is 6.81. The minimum absolute atomic E-state index is 0.00788. The van der Waals surface area contributed by atoms with E-state index in [9.17, 15) is 27.2 Å². The van der Waals surface area contributed by atoms with E-state index in [0.29, 0.717) is 24.2 Å². The Morgan fingerprint density at radius 2 is 1.72 bits per heavy atom. The molecule has 0 saturated heterocycles. The van der Waals surface area contributed by atoms with E-state index in [2.05, 4.69) is 0 Å². The average Bonchev–Trinajstić information content (AvgIpc) is 3.17. The number of anilines is 1. The van der Waals surface area contributed by atoms with Crippen molar-refractivity contribution >= 4 is 46.8 Å². The zero-order chi connectivity index (χ0) is 26.8. The maximum absolute atomic E-state index is 13.7. The Bertz CT molecular complexity index is 1170. The van der Waals surface area contributed by atoms with E-state index in [1.165, 1.54) is 6.08 Å². The fraction of sp³-hybridized carbons (Fsp3) is 0.385. The van der Waals surface area contributed by atoms with E-state index in [0.717, 1.165) is 23.8 Å². The van der Waals surface area contributed by atoms with Crippen LogP contribution in [-0.4, -0.2) is 30.2 Å². The lowest BCUT2D eigenvalue weighted by atomic mass is 9.96. The molecule has 0 saturated carbocycles. The van der Waals surface area contributed by atoms with E-state index in [1.807, 2.05) is 0 Å². The SMILES string of the molecule is CC(C)(C)OC(=O)CCC(=O)N1CCc2cc(/C=C/C(c3cc(Cl)c(F)c(Cl)c3)C(F)(F)F)ccc21. The van der Waals surface area contributed by atoms with Gasteiger partial charge in [-0.15, -0.1) is 0 Å². The second-order valence-corrected chi connectivity index (χ2v) is 10.3. The zero-order valence-electron chi connectivity index (χ0n) is 19.9. The number of benzene rings is 2. The molecule has 0 spiro atoms. The molecule has 194 valence electrons. The van der Waals surface area contributed by atoms with E-state index >= 15 is 0 Å². The van der Waals surface area contributed by atoms with Crippen LogP contribution in [0.4, 0.5) is 23.2 Å². The van der Waals surface area contributed by atoms with Crippen LogP contribution in [0.3, 0.4) is 0 Å². The number of esters is 1. The smallest absolute Gasteiger partial charge is 0.399 e. The number of halogens is 6. The lowest BCUT2D eigenvalue weighted by Gasteiger charge is -2.20. The number of amides is 1. The van der Waals surface area contributed by atoms with Crippen LogP contribution in [0.15, 0.2) is 36.4 Å². The van der Waals surface area contributed by atoms with Crippen LogP contribution < -0.4 is 4.90 Å². The normalized spacial score (nSPS) is 14.8. The topological polar surface area (TPSA) is 46.6 Å². The molecular formula is C26H25Cl2F4NO3. The Morgan fingerprint density at radius 3 is 2.31 bits per heavy atom. The van der Waals surface area contributed by atoms with Gasteiger partial charge in [0.25, 0.3) is 0 Å². The van der Waals surface area contributed by atoms with Crippen molar-refractivity contribution in [2.45, 2.75) is 57.7 Å². The van der Waals surface area contributed by atoms with Gasteiger partial charge in [0.05, 0.1) is 22.4 Å². The number of hydrogen-bond donors (Lipinski definition) is 0. The molecule has 0 aromatic heterocycles. The van der Waals surface area contributed by atoms with Crippen LogP contribution in [0.5, 0.6) is 0 Å². The highest BCUT2D eigenvalue weighted by Gasteiger charge is 2.39. The molecule has 1 aliphatic heterocycles. The summed E-state index contributed by atoms with van der Waals surface area (Å²) in [4.78, 5) is 26.1. The van der Waals surface area contributed by atoms with Crippen molar-refractivity contribution in [2.24, 2.45) is 0 Å². The number of rotatable bonds is 6. The third-order valence-electron chi connectivity index (χ3n) is 5.46. The van der Waals surface area contributed by atoms with Gasteiger partial charge in [-0.1, -0.05) is 41.4 Å². The number of allylic oxidation sites excluding steroid dienone is 1. The van der Waals surface area contributed by atoms with E-state index in [4.69, 9.17) is 27.9 Å². The highest BCUT2D eigenvalue weighted by molar-refractivity contribution is 6.35. The molecule has 0 fully saturated rings. The average molecular weight is 546 g/mol. The quantitative estimate of drug-likeness (QED) is 0.214. The van der Waals surface area contributed by atoms with E-state index in [-0.39, 0.29) is 24.3 Å². The van der Waals surface area contributed by atoms with Gasteiger partial charge >= 0.3 is 12.1 Å². The van der Waals surface area contributed by atoms with Gasteiger partial charge < -0.3 is 9.64 Å². The fourth-order valence-electron chi connectivity index (χ4n) is 3.89. The summed E-state index contributed by atoms with van der Waals surface area (Å²) in [5.74, 6) is -3.72. The molecular weight excluding hydrogens is 521 g/mol. The third kappa shape index (κ3) is 7.01. The lowest BCUT2D eigenvalue weighted by Crippen LogP contribution is -2.30. The number of fused-ring (bicyclic) bond motifs is 1. The van der Waals surface area contributed by atoms with Crippen LogP contribution >= 0.6 is 23.2 Å². The van der Waals surface area contributed by atoms with Gasteiger partial charge in [0.1, 0.15) is 5.60 Å². The van der Waals surface area contributed by atoms with Crippen LogP contribution in [0.1, 0.15) is 56.2 Å². The molecule has 1 aliphatic rings. The second-order valence-electron chi connectivity index (χ2n) is 9.45. The third-order valence-corrected chi connectivity index (χ3v) is 6.01. The van der Waals surface area contributed by atoms with Gasteiger partial charge in [0.2, 0.25) is 5.91 Å². The van der Waals surface area contributed by atoms with Gasteiger partial charge in [-0.25, -0.2) is 4.39 Å². The number of carbonyl (C=O) groups is 2. The Morgan fingerprint density at radius 1 is 1.08 bits per heavy atom. The molecule has 10 heteroatoms. The largest absolute Gasteiger partial charge is 0.460 e. The molecule has 1 amide bonds. The van der Waals surface area contributed by atoms with Crippen molar-refractivity contribution in [2.75, 3.05) is 11.4 Å². The second kappa shape index (κ2) is 10.8. The van der Waals surface area contributed by atoms with Crippen molar-refractivity contribution in [1.29, 1.82) is 0 Å². The van der Waals surface area contributed by atoms with Crippen LogP contribution in [0, 0.1) is 5.82 Å². The molecule has 2 aromatic rings. The van der Waals surface area contributed by atoms with E-state index in [1.54, 1.807) is 43.9 Å². The van der Waals surface area contributed by atoms with Crippen molar-refractivity contribution < 1.29 is 31.9 Å². The van der Waals surface area contributed by atoms with Gasteiger partial charge in [-0.2, -0.15) is 13.2 Å². The minimum atomic E-state index is -4.66.